The molecule has 1 aromatic heterocycles. The monoisotopic (exact) mass is 336 g/mol. The van der Waals surface area contributed by atoms with Crippen LogP contribution in [-0.2, 0) is 0 Å². The molecule has 0 amide bonds. The molecule has 1 aliphatic heterocycles. The summed E-state index contributed by atoms with van der Waals surface area (Å²) in [6.07, 6.45) is 3.46. The molecule has 0 aromatic carbocycles. The van der Waals surface area contributed by atoms with Crippen molar-refractivity contribution in [3.63, 3.8) is 0 Å². The maximum absolute atomic E-state index is 9.02. The first-order valence-corrected chi connectivity index (χ1v) is 8.82. The highest BCUT2D eigenvalue weighted by atomic mass is 32.2. The summed E-state index contributed by atoms with van der Waals surface area (Å²) < 4.78 is 0. The summed E-state index contributed by atoms with van der Waals surface area (Å²) in [5, 5.41) is 13.0. The van der Waals surface area contributed by atoms with Crippen LogP contribution in [0.25, 0.3) is 0 Å². The van der Waals surface area contributed by atoms with Crippen molar-refractivity contribution < 1.29 is 5.11 Å². The Morgan fingerprint density at radius 2 is 2.17 bits per heavy atom. The lowest BCUT2D eigenvalue weighted by atomic mass is 10.3. The van der Waals surface area contributed by atoms with Crippen molar-refractivity contribution in [3.05, 3.63) is 24.7 Å². The SMILES string of the molecule is C=CN=C(Nc1cc(N2CCN(CCO)CC2)nc(C)n1)SC. The minimum absolute atomic E-state index is 0.209. The van der Waals surface area contributed by atoms with E-state index in [0.717, 1.165) is 55.4 Å². The van der Waals surface area contributed by atoms with Crippen LogP contribution in [0.3, 0.4) is 0 Å². The molecule has 126 valence electrons. The fourth-order valence-electron chi connectivity index (χ4n) is 2.45. The third kappa shape index (κ3) is 5.19. The number of thioether (sulfide) groups is 1. The van der Waals surface area contributed by atoms with Gasteiger partial charge in [0.1, 0.15) is 17.5 Å². The number of aromatic nitrogens is 2. The first kappa shape index (κ1) is 17.7. The van der Waals surface area contributed by atoms with E-state index in [1.165, 1.54) is 18.0 Å². The van der Waals surface area contributed by atoms with Gasteiger partial charge < -0.3 is 15.3 Å². The van der Waals surface area contributed by atoms with Gasteiger partial charge in [0.15, 0.2) is 5.17 Å². The molecule has 2 N–H and O–H groups in total. The average Bonchev–Trinajstić information content (AvgIpc) is 2.55. The summed E-state index contributed by atoms with van der Waals surface area (Å²) in [5.41, 5.74) is 0. The molecule has 1 aromatic rings. The first-order chi connectivity index (χ1) is 11.2. The number of hydrogen-bond acceptors (Lipinski definition) is 7. The lowest BCUT2D eigenvalue weighted by molar-refractivity contribution is 0.188. The molecule has 1 aliphatic rings. The van der Waals surface area contributed by atoms with Gasteiger partial charge in [0, 0.05) is 45.0 Å². The van der Waals surface area contributed by atoms with E-state index in [1.807, 2.05) is 19.2 Å². The fourth-order valence-corrected chi connectivity index (χ4v) is 2.84. The Morgan fingerprint density at radius 3 is 2.78 bits per heavy atom. The van der Waals surface area contributed by atoms with Crippen molar-refractivity contribution in [2.24, 2.45) is 4.99 Å². The molecule has 0 spiro atoms. The quantitative estimate of drug-likeness (QED) is 0.617. The zero-order valence-corrected chi connectivity index (χ0v) is 14.5. The summed E-state index contributed by atoms with van der Waals surface area (Å²) in [6, 6.07) is 1.95. The summed E-state index contributed by atoms with van der Waals surface area (Å²) in [5.74, 6) is 2.38. The van der Waals surface area contributed by atoms with Gasteiger partial charge >= 0.3 is 0 Å². The zero-order chi connectivity index (χ0) is 16.7. The van der Waals surface area contributed by atoms with Crippen molar-refractivity contribution in [2.45, 2.75) is 6.92 Å². The van der Waals surface area contributed by atoms with Gasteiger partial charge in [0.2, 0.25) is 0 Å². The second-order valence-electron chi connectivity index (χ2n) is 5.16. The lowest BCUT2D eigenvalue weighted by Crippen LogP contribution is -2.47. The molecule has 0 saturated carbocycles. The number of aliphatic hydroxyl groups is 1. The van der Waals surface area contributed by atoms with E-state index in [4.69, 9.17) is 5.11 Å². The van der Waals surface area contributed by atoms with E-state index in [9.17, 15) is 0 Å². The topological polar surface area (TPSA) is 76.9 Å². The van der Waals surface area contributed by atoms with Gasteiger partial charge in [-0.05, 0) is 13.2 Å². The predicted octanol–water partition coefficient (Wildman–Crippen LogP) is 1.17. The van der Waals surface area contributed by atoms with Crippen LogP contribution in [0.5, 0.6) is 0 Å². The Hall–Kier alpha value is -1.64. The normalized spacial score (nSPS) is 16.5. The number of aliphatic imine (C=N–C) groups is 1. The fraction of sp³-hybridized carbons (Fsp3) is 0.533. The number of amidine groups is 1. The van der Waals surface area contributed by atoms with E-state index in [1.54, 1.807) is 0 Å². The van der Waals surface area contributed by atoms with Crippen molar-refractivity contribution in [1.29, 1.82) is 0 Å². The number of aliphatic hydroxyl groups excluding tert-OH is 1. The molecule has 0 unspecified atom stereocenters. The van der Waals surface area contributed by atoms with E-state index in [0.29, 0.717) is 0 Å². The summed E-state index contributed by atoms with van der Waals surface area (Å²) in [4.78, 5) is 17.6. The highest BCUT2D eigenvalue weighted by Gasteiger charge is 2.18. The molecular weight excluding hydrogens is 312 g/mol. The van der Waals surface area contributed by atoms with Gasteiger partial charge in [-0.3, -0.25) is 4.90 Å². The molecule has 8 heteroatoms. The van der Waals surface area contributed by atoms with E-state index >= 15 is 0 Å². The van der Waals surface area contributed by atoms with Crippen molar-refractivity contribution >= 4 is 28.6 Å². The molecular formula is C15H24N6OS. The molecule has 2 heterocycles. The second kappa shape index (κ2) is 8.85. The summed E-state index contributed by atoms with van der Waals surface area (Å²) in [7, 11) is 0. The Bertz CT molecular complexity index is 557. The lowest BCUT2D eigenvalue weighted by Gasteiger charge is -2.35. The maximum Gasteiger partial charge on any atom is 0.166 e. The van der Waals surface area contributed by atoms with Gasteiger partial charge in [0.25, 0.3) is 0 Å². The molecule has 1 saturated heterocycles. The van der Waals surface area contributed by atoms with Crippen molar-refractivity contribution in [1.82, 2.24) is 14.9 Å². The molecule has 0 bridgehead atoms. The third-order valence-corrected chi connectivity index (χ3v) is 4.17. The predicted molar refractivity (Wildman–Crippen MR) is 97.3 cm³/mol. The van der Waals surface area contributed by atoms with E-state index in [-0.39, 0.29) is 6.61 Å². The van der Waals surface area contributed by atoms with Crippen molar-refractivity contribution in [3.8, 4) is 0 Å². The number of aryl methyl sites for hydroxylation is 1. The highest BCUT2D eigenvalue weighted by molar-refractivity contribution is 8.13. The van der Waals surface area contributed by atoms with Crippen LogP contribution >= 0.6 is 11.8 Å². The van der Waals surface area contributed by atoms with Crippen LogP contribution in [-0.4, -0.2) is 70.7 Å². The average molecular weight is 336 g/mol. The van der Waals surface area contributed by atoms with E-state index < -0.39 is 0 Å². The minimum atomic E-state index is 0.209. The standard InChI is InChI=1S/C15H24N6OS/c1-4-16-15(23-3)19-13-11-14(18-12(2)17-13)21-7-5-20(6-8-21)9-10-22/h4,11,22H,1,5-10H2,2-3H3,(H,16,17,18,19). The van der Waals surface area contributed by atoms with Gasteiger partial charge in [-0.1, -0.05) is 18.3 Å². The Morgan fingerprint density at radius 1 is 1.43 bits per heavy atom. The van der Waals surface area contributed by atoms with Gasteiger partial charge in [-0.15, -0.1) is 0 Å². The largest absolute Gasteiger partial charge is 0.395 e. The number of nitrogens with zero attached hydrogens (tertiary/aromatic N) is 5. The van der Waals surface area contributed by atoms with Crippen molar-refractivity contribution in [2.75, 3.05) is 55.8 Å². The number of rotatable bonds is 5. The Kier molecular flexibility index (Phi) is 6.82. The summed E-state index contributed by atoms with van der Waals surface area (Å²) in [6.45, 7) is 10.1. The number of hydrogen-bond donors (Lipinski definition) is 2. The zero-order valence-electron chi connectivity index (χ0n) is 13.7. The third-order valence-electron chi connectivity index (χ3n) is 3.57. The Balaban J connectivity index is 2.08. The van der Waals surface area contributed by atoms with Gasteiger partial charge in [-0.2, -0.15) is 0 Å². The summed E-state index contributed by atoms with van der Waals surface area (Å²) >= 11 is 1.51. The first-order valence-electron chi connectivity index (χ1n) is 7.60. The van der Waals surface area contributed by atoms with Crippen LogP contribution in [0.2, 0.25) is 0 Å². The van der Waals surface area contributed by atoms with Crippen LogP contribution in [0, 0.1) is 6.92 Å². The minimum Gasteiger partial charge on any atom is -0.395 e. The van der Waals surface area contributed by atoms with E-state index in [2.05, 4.69) is 36.7 Å². The van der Waals surface area contributed by atoms with Crippen LogP contribution < -0.4 is 10.2 Å². The Labute approximate surface area is 141 Å². The second-order valence-corrected chi connectivity index (χ2v) is 5.95. The molecule has 23 heavy (non-hydrogen) atoms. The van der Waals surface area contributed by atoms with Crippen LogP contribution in [0.4, 0.5) is 11.6 Å². The highest BCUT2D eigenvalue weighted by Crippen LogP contribution is 2.18. The smallest absolute Gasteiger partial charge is 0.166 e. The molecule has 2 rings (SSSR count). The number of anilines is 2. The maximum atomic E-state index is 9.02. The van der Waals surface area contributed by atoms with Crippen LogP contribution in [0.1, 0.15) is 5.82 Å². The number of piperazine rings is 1. The number of β-amino-alcohol motifs (C(OH)–C–C–N with tert-alkyl or cyclic N) is 1. The molecule has 1 fully saturated rings. The van der Waals surface area contributed by atoms with Gasteiger partial charge in [0.05, 0.1) is 6.61 Å². The molecule has 0 atom stereocenters. The molecule has 7 nitrogen and oxygen atoms in total. The van der Waals surface area contributed by atoms with Gasteiger partial charge in [-0.25, -0.2) is 15.0 Å². The molecule has 0 radical (unpaired) electrons. The number of nitrogens with one attached hydrogen (secondary N) is 1. The molecule has 0 aliphatic carbocycles. The van der Waals surface area contributed by atoms with Crippen LogP contribution in [0.15, 0.2) is 23.8 Å².